The van der Waals surface area contributed by atoms with Crippen LogP contribution in [0.15, 0.2) is 72.8 Å². The van der Waals surface area contributed by atoms with E-state index >= 15 is 0 Å². The van der Waals surface area contributed by atoms with Crippen LogP contribution in [0.3, 0.4) is 0 Å². The summed E-state index contributed by atoms with van der Waals surface area (Å²) in [5.41, 5.74) is 9.99. The molecule has 4 unspecified atom stereocenters. The number of hydrogen-bond acceptors (Lipinski definition) is 8. The average molecular weight is 743 g/mol. The summed E-state index contributed by atoms with van der Waals surface area (Å²) >= 11 is 0. The van der Waals surface area contributed by atoms with Crippen LogP contribution in [0.5, 0.6) is 23.0 Å². The number of epoxide rings is 4. The smallest absolute Gasteiger partial charge is 0.122 e. The molecule has 8 rings (SSSR count). The molecule has 4 aromatic rings. The molecule has 0 aliphatic carbocycles. The van der Waals surface area contributed by atoms with Crippen molar-refractivity contribution >= 4 is 0 Å². The summed E-state index contributed by atoms with van der Waals surface area (Å²) < 4.78 is 42.8. The van der Waals surface area contributed by atoms with E-state index in [-0.39, 0.29) is 0 Å². The van der Waals surface area contributed by atoms with Gasteiger partial charge in [-0.05, 0) is 124 Å². The number of benzene rings is 4. The van der Waals surface area contributed by atoms with Crippen molar-refractivity contribution in [2.45, 2.75) is 93.7 Å². The van der Waals surface area contributed by atoms with Crippen LogP contribution in [0.1, 0.15) is 58.4 Å². The molecule has 54 heavy (non-hydrogen) atoms. The molecule has 4 aliphatic rings. The molecule has 0 N–H and O–H groups in total. The normalized spacial score (nSPS) is 19.4. The Morgan fingerprint density at radius 1 is 0.370 bits per heavy atom. The number of rotatable bonds is 12. The molecule has 0 radical (unpaired) electrons. The number of aryl methyl sites for hydroxylation is 4. The van der Waals surface area contributed by atoms with Gasteiger partial charge < -0.3 is 37.9 Å². The van der Waals surface area contributed by atoms with Crippen molar-refractivity contribution in [3.63, 3.8) is 0 Å². The highest BCUT2D eigenvalue weighted by molar-refractivity contribution is 5.40. The van der Waals surface area contributed by atoms with Crippen LogP contribution in [0.25, 0.3) is 0 Å². The van der Waals surface area contributed by atoms with E-state index in [1.165, 1.54) is 44.5 Å². The first-order valence-electron chi connectivity index (χ1n) is 19.3. The van der Waals surface area contributed by atoms with Gasteiger partial charge in [0.1, 0.15) is 73.8 Å². The molecule has 0 saturated carbocycles. The Morgan fingerprint density at radius 2 is 0.556 bits per heavy atom. The molecule has 8 nitrogen and oxygen atoms in total. The lowest BCUT2D eigenvalue weighted by atomic mass is 10.1. The van der Waals surface area contributed by atoms with Gasteiger partial charge in [0.25, 0.3) is 0 Å². The Bertz CT molecular complexity index is 1470. The van der Waals surface area contributed by atoms with Gasteiger partial charge in [-0.2, -0.15) is 0 Å². The van der Waals surface area contributed by atoms with Gasteiger partial charge in [0.15, 0.2) is 0 Å². The van der Waals surface area contributed by atoms with E-state index in [0.29, 0.717) is 50.8 Å². The Balaban J connectivity index is 0.000000158. The van der Waals surface area contributed by atoms with E-state index in [1.54, 1.807) is 0 Å². The summed E-state index contributed by atoms with van der Waals surface area (Å²) in [6.45, 7) is 26.8. The van der Waals surface area contributed by atoms with Crippen LogP contribution in [0, 0.1) is 55.4 Å². The summed E-state index contributed by atoms with van der Waals surface area (Å²) in [7, 11) is 0. The van der Waals surface area contributed by atoms with E-state index < -0.39 is 0 Å². The molecule has 0 spiro atoms. The fourth-order valence-corrected chi connectivity index (χ4v) is 4.91. The second-order valence-corrected chi connectivity index (χ2v) is 13.9. The van der Waals surface area contributed by atoms with Crippen LogP contribution < -0.4 is 18.9 Å². The zero-order chi connectivity index (χ0) is 39.0. The number of ether oxygens (including phenoxy) is 8. The summed E-state index contributed by atoms with van der Waals surface area (Å²) in [6.07, 6.45) is 1.33. The summed E-state index contributed by atoms with van der Waals surface area (Å²) in [4.78, 5) is 0. The first-order valence-corrected chi connectivity index (χ1v) is 19.3. The van der Waals surface area contributed by atoms with Gasteiger partial charge in [0.05, 0.1) is 26.4 Å². The van der Waals surface area contributed by atoms with Crippen LogP contribution in [-0.2, 0) is 18.9 Å². The second-order valence-electron chi connectivity index (χ2n) is 13.9. The maximum Gasteiger partial charge on any atom is 0.122 e. The van der Waals surface area contributed by atoms with Crippen molar-refractivity contribution in [2.75, 3.05) is 52.9 Å². The van der Waals surface area contributed by atoms with E-state index in [2.05, 4.69) is 79.7 Å². The molecule has 0 bridgehead atoms. The lowest BCUT2D eigenvalue weighted by molar-refractivity contribution is 0.261. The van der Waals surface area contributed by atoms with Crippen molar-refractivity contribution in [3.05, 3.63) is 117 Å². The molecule has 0 aromatic heterocycles. The van der Waals surface area contributed by atoms with Gasteiger partial charge in [-0.15, -0.1) is 0 Å². The van der Waals surface area contributed by atoms with E-state index in [4.69, 9.17) is 37.9 Å². The Labute approximate surface area is 324 Å². The minimum Gasteiger partial charge on any atom is -0.491 e. The summed E-state index contributed by atoms with van der Waals surface area (Å²) in [6, 6.07) is 24.5. The zero-order valence-electron chi connectivity index (χ0n) is 34.2. The topological polar surface area (TPSA) is 87.0 Å². The van der Waals surface area contributed by atoms with Crippen LogP contribution in [0.4, 0.5) is 0 Å². The Kier molecular flexibility index (Phi) is 17.2. The van der Waals surface area contributed by atoms with Gasteiger partial charge in [0, 0.05) is 0 Å². The molecule has 4 fully saturated rings. The molecule has 0 amide bonds. The van der Waals surface area contributed by atoms with Gasteiger partial charge in [-0.3, -0.25) is 0 Å². The third-order valence-corrected chi connectivity index (χ3v) is 9.53. The monoisotopic (exact) mass is 742 g/mol. The highest BCUT2D eigenvalue weighted by Crippen LogP contribution is 2.25. The summed E-state index contributed by atoms with van der Waals surface area (Å²) in [5.74, 6) is 3.93. The largest absolute Gasteiger partial charge is 0.491 e. The SMILES string of the molecule is CC.Cc1cccc(OCC2CO2)c1C.Cc1cccc(OCC2CO2)c1C.Cc1cccc(OCC2CO2)c1C.Cc1cccc(OCC2CO2)c1C. The van der Waals surface area contributed by atoms with Crippen molar-refractivity contribution < 1.29 is 37.9 Å². The van der Waals surface area contributed by atoms with Crippen LogP contribution >= 0.6 is 0 Å². The fourth-order valence-electron chi connectivity index (χ4n) is 4.91. The maximum atomic E-state index is 5.62. The van der Waals surface area contributed by atoms with Gasteiger partial charge in [-0.1, -0.05) is 62.4 Å². The first-order chi connectivity index (χ1) is 26.1. The Hall–Kier alpha value is -4.08. The Morgan fingerprint density at radius 3 is 0.722 bits per heavy atom. The van der Waals surface area contributed by atoms with Crippen molar-refractivity contribution in [2.24, 2.45) is 0 Å². The van der Waals surface area contributed by atoms with E-state index in [1.807, 2.05) is 62.4 Å². The fraction of sp³-hybridized carbons (Fsp3) is 0.478. The quantitative estimate of drug-likeness (QED) is 0.133. The molecule has 4 aliphatic heterocycles. The lowest BCUT2D eigenvalue weighted by Crippen LogP contribution is -2.05. The molecule has 4 atom stereocenters. The molecule has 4 aromatic carbocycles. The van der Waals surface area contributed by atoms with Crippen LogP contribution in [-0.4, -0.2) is 77.3 Å². The predicted molar refractivity (Wildman–Crippen MR) is 216 cm³/mol. The van der Waals surface area contributed by atoms with E-state index in [0.717, 1.165) is 49.4 Å². The maximum absolute atomic E-state index is 5.62. The molecular weight excluding hydrogens is 680 g/mol. The molecular formula is C46H62O8. The minimum atomic E-state index is 0.333. The summed E-state index contributed by atoms with van der Waals surface area (Å²) in [5, 5.41) is 0. The van der Waals surface area contributed by atoms with Crippen molar-refractivity contribution in [1.82, 2.24) is 0 Å². The van der Waals surface area contributed by atoms with E-state index in [9.17, 15) is 0 Å². The zero-order valence-corrected chi connectivity index (χ0v) is 34.2. The van der Waals surface area contributed by atoms with Gasteiger partial charge in [-0.25, -0.2) is 0 Å². The molecule has 294 valence electrons. The van der Waals surface area contributed by atoms with Crippen molar-refractivity contribution in [1.29, 1.82) is 0 Å². The minimum absolute atomic E-state index is 0.333. The predicted octanol–water partition coefficient (Wildman–Crippen LogP) is 9.35. The third kappa shape index (κ3) is 15.0. The highest BCUT2D eigenvalue weighted by Gasteiger charge is 2.25. The number of hydrogen-bond donors (Lipinski definition) is 0. The lowest BCUT2D eigenvalue weighted by Gasteiger charge is -2.09. The second kappa shape index (κ2) is 21.7. The van der Waals surface area contributed by atoms with Crippen molar-refractivity contribution in [3.8, 4) is 23.0 Å². The average Bonchev–Trinajstić information content (AvgIpc) is 3.99. The van der Waals surface area contributed by atoms with Gasteiger partial charge >= 0.3 is 0 Å². The first kappa shape index (κ1) is 42.7. The molecule has 4 heterocycles. The van der Waals surface area contributed by atoms with Gasteiger partial charge in [0.2, 0.25) is 0 Å². The highest BCUT2D eigenvalue weighted by atomic mass is 16.6. The molecule has 8 heteroatoms. The standard InChI is InChI=1S/4C11H14O2.C2H6/c4*1-8-4-3-5-11(9(8)2)13-7-10-6-12-10;1-2/h4*3-5,10H,6-7H2,1-2H3;1-2H3. The molecule has 4 saturated heterocycles. The third-order valence-electron chi connectivity index (χ3n) is 9.53. The van der Waals surface area contributed by atoms with Crippen LogP contribution in [0.2, 0.25) is 0 Å².